The van der Waals surface area contributed by atoms with Crippen molar-refractivity contribution in [3.8, 4) is 0 Å². The third kappa shape index (κ3) is 7.75. The van der Waals surface area contributed by atoms with Crippen LogP contribution in [-0.4, -0.2) is 44.3 Å². The lowest BCUT2D eigenvalue weighted by molar-refractivity contribution is -0.118. The van der Waals surface area contributed by atoms with E-state index in [0.717, 1.165) is 5.56 Å². The van der Waals surface area contributed by atoms with Crippen molar-refractivity contribution in [3.05, 3.63) is 59.7 Å². The van der Waals surface area contributed by atoms with Gasteiger partial charge in [0, 0.05) is 24.0 Å². The molecule has 166 valence electrons. The summed E-state index contributed by atoms with van der Waals surface area (Å²) in [5, 5.41) is 8.18. The Morgan fingerprint density at radius 2 is 1.61 bits per heavy atom. The van der Waals surface area contributed by atoms with Gasteiger partial charge in [-0.05, 0) is 43.2 Å². The summed E-state index contributed by atoms with van der Waals surface area (Å²) >= 11 is 0. The molecule has 0 radical (unpaired) electrons. The molecule has 0 aliphatic heterocycles. The largest absolute Gasteiger partial charge is 0.447 e. The van der Waals surface area contributed by atoms with Crippen LogP contribution in [-0.2, 0) is 14.3 Å². The fourth-order valence-corrected chi connectivity index (χ4v) is 2.81. The summed E-state index contributed by atoms with van der Waals surface area (Å²) in [7, 11) is 1.52. The molecule has 0 saturated carbocycles. The first-order valence-corrected chi connectivity index (χ1v) is 10.0. The fraction of sp³-hybridized carbons (Fsp3) is 0.348. The van der Waals surface area contributed by atoms with Crippen LogP contribution in [0, 0.1) is 12.8 Å². The average molecular weight is 428 g/mol. The maximum atomic E-state index is 12.8. The molecule has 0 aromatic heterocycles. The minimum Gasteiger partial charge on any atom is -0.447 e. The van der Waals surface area contributed by atoms with Gasteiger partial charge in [-0.15, -0.1) is 0 Å². The summed E-state index contributed by atoms with van der Waals surface area (Å²) in [5.41, 5.74) is 2.40. The van der Waals surface area contributed by atoms with Crippen LogP contribution >= 0.6 is 0 Å². The van der Waals surface area contributed by atoms with E-state index in [4.69, 9.17) is 9.47 Å². The number of anilines is 2. The van der Waals surface area contributed by atoms with Gasteiger partial charge in [-0.1, -0.05) is 37.6 Å². The summed E-state index contributed by atoms with van der Waals surface area (Å²) in [6.07, 6.45) is -0.619. The first kappa shape index (κ1) is 23.9. The van der Waals surface area contributed by atoms with Crippen molar-refractivity contribution < 1.29 is 23.9 Å². The molecule has 8 heteroatoms. The second-order valence-electron chi connectivity index (χ2n) is 7.39. The number of hydrogen-bond donors (Lipinski definition) is 3. The van der Waals surface area contributed by atoms with E-state index in [1.165, 1.54) is 7.11 Å². The van der Waals surface area contributed by atoms with Crippen LogP contribution in [0.1, 0.15) is 29.8 Å². The highest BCUT2D eigenvalue weighted by Crippen LogP contribution is 2.17. The van der Waals surface area contributed by atoms with Gasteiger partial charge in [0.05, 0.1) is 6.61 Å². The van der Waals surface area contributed by atoms with Crippen LogP contribution in [0.15, 0.2) is 48.5 Å². The Morgan fingerprint density at radius 1 is 0.935 bits per heavy atom. The molecule has 0 saturated heterocycles. The number of methoxy groups -OCH3 is 1. The predicted molar refractivity (Wildman–Crippen MR) is 119 cm³/mol. The van der Waals surface area contributed by atoms with Crippen molar-refractivity contribution in [3.63, 3.8) is 0 Å². The second kappa shape index (κ2) is 11.7. The van der Waals surface area contributed by atoms with Crippen LogP contribution < -0.4 is 16.0 Å². The lowest BCUT2D eigenvalue weighted by Crippen LogP contribution is -2.47. The number of nitrogens with one attached hydrogen (secondary N) is 3. The minimum absolute atomic E-state index is 0.133. The van der Waals surface area contributed by atoms with Gasteiger partial charge in [-0.25, -0.2) is 4.79 Å². The number of carbonyl (C=O) groups is 3. The van der Waals surface area contributed by atoms with E-state index in [-0.39, 0.29) is 24.3 Å². The van der Waals surface area contributed by atoms with Crippen LogP contribution in [0.2, 0.25) is 0 Å². The Hall–Kier alpha value is -3.39. The van der Waals surface area contributed by atoms with Crippen molar-refractivity contribution in [2.45, 2.75) is 26.8 Å². The fourth-order valence-electron chi connectivity index (χ4n) is 2.81. The normalized spacial score (nSPS) is 11.5. The zero-order chi connectivity index (χ0) is 22.8. The summed E-state index contributed by atoms with van der Waals surface area (Å²) < 4.78 is 9.79. The quantitative estimate of drug-likeness (QED) is 0.531. The minimum atomic E-state index is -0.733. The van der Waals surface area contributed by atoms with Gasteiger partial charge in [-0.3, -0.25) is 14.9 Å². The molecule has 2 aromatic carbocycles. The van der Waals surface area contributed by atoms with Gasteiger partial charge in [0.15, 0.2) is 0 Å². The Bertz CT molecular complexity index is 914. The summed E-state index contributed by atoms with van der Waals surface area (Å²) in [4.78, 5) is 37.2. The first-order chi connectivity index (χ1) is 14.8. The van der Waals surface area contributed by atoms with Crippen LogP contribution in [0.25, 0.3) is 0 Å². The molecule has 3 N–H and O–H groups in total. The van der Waals surface area contributed by atoms with Crippen molar-refractivity contribution in [1.82, 2.24) is 5.32 Å². The Kier molecular flexibility index (Phi) is 9.02. The highest BCUT2D eigenvalue weighted by Gasteiger charge is 2.25. The van der Waals surface area contributed by atoms with Crippen LogP contribution in [0.5, 0.6) is 0 Å². The third-order valence-electron chi connectivity index (χ3n) is 4.41. The second-order valence-corrected chi connectivity index (χ2v) is 7.39. The molecular weight excluding hydrogens is 398 g/mol. The van der Waals surface area contributed by atoms with Crippen LogP contribution in [0.3, 0.4) is 0 Å². The highest BCUT2D eigenvalue weighted by molar-refractivity contribution is 6.01. The van der Waals surface area contributed by atoms with Gasteiger partial charge in [0.25, 0.3) is 5.91 Å². The van der Waals surface area contributed by atoms with Crippen molar-refractivity contribution in [1.29, 1.82) is 0 Å². The van der Waals surface area contributed by atoms with Gasteiger partial charge in [-0.2, -0.15) is 0 Å². The molecular formula is C23H29N3O5. The predicted octanol–water partition coefficient (Wildman–Crippen LogP) is 3.58. The van der Waals surface area contributed by atoms with E-state index in [1.54, 1.807) is 42.5 Å². The zero-order valence-corrected chi connectivity index (χ0v) is 18.2. The molecule has 0 bridgehead atoms. The van der Waals surface area contributed by atoms with E-state index in [1.807, 2.05) is 26.8 Å². The average Bonchev–Trinajstić information content (AvgIpc) is 2.72. The summed E-state index contributed by atoms with van der Waals surface area (Å²) in [6.45, 7) is 6.05. The molecule has 0 aliphatic carbocycles. The van der Waals surface area contributed by atoms with E-state index in [0.29, 0.717) is 23.5 Å². The number of aryl methyl sites for hydroxylation is 1. The number of ether oxygens (including phenoxy) is 2. The Morgan fingerprint density at radius 3 is 2.26 bits per heavy atom. The molecule has 0 fully saturated rings. The number of hydrogen-bond acceptors (Lipinski definition) is 5. The molecule has 3 amide bonds. The smallest absolute Gasteiger partial charge is 0.411 e. The topological polar surface area (TPSA) is 106 Å². The summed E-state index contributed by atoms with van der Waals surface area (Å²) in [5.74, 6) is -0.798. The van der Waals surface area contributed by atoms with Gasteiger partial charge in [0.1, 0.15) is 12.6 Å². The number of amides is 3. The lowest BCUT2D eigenvalue weighted by atomic mass is 10.0. The number of rotatable bonds is 9. The molecule has 2 aromatic rings. The highest BCUT2D eigenvalue weighted by atomic mass is 16.6. The maximum absolute atomic E-state index is 12.8. The van der Waals surface area contributed by atoms with E-state index in [2.05, 4.69) is 16.0 Å². The van der Waals surface area contributed by atoms with Crippen molar-refractivity contribution >= 4 is 29.3 Å². The van der Waals surface area contributed by atoms with E-state index >= 15 is 0 Å². The van der Waals surface area contributed by atoms with Gasteiger partial charge < -0.3 is 20.1 Å². The number of benzene rings is 2. The van der Waals surface area contributed by atoms with E-state index in [9.17, 15) is 14.4 Å². The standard InChI is InChI=1S/C23H29N3O5/c1-15(2)20(26-21(27)17-8-5-7-16(3)13-17)22(28)24-18-9-6-10-19(14-18)25-23(29)31-12-11-30-4/h5-10,13-15,20H,11-12H2,1-4H3,(H,24,28)(H,25,29)(H,26,27). The Balaban J connectivity index is 2.02. The number of carbonyl (C=O) groups excluding carboxylic acids is 3. The summed E-state index contributed by atoms with van der Waals surface area (Å²) in [6, 6.07) is 13.1. The third-order valence-corrected chi connectivity index (χ3v) is 4.41. The monoisotopic (exact) mass is 427 g/mol. The zero-order valence-electron chi connectivity index (χ0n) is 18.2. The van der Waals surface area contributed by atoms with Gasteiger partial charge >= 0.3 is 6.09 Å². The van der Waals surface area contributed by atoms with Gasteiger partial charge in [0.2, 0.25) is 5.91 Å². The van der Waals surface area contributed by atoms with E-state index < -0.39 is 12.1 Å². The molecule has 1 unspecified atom stereocenters. The molecule has 2 rings (SSSR count). The molecule has 0 heterocycles. The molecule has 0 aliphatic rings. The molecule has 0 spiro atoms. The molecule has 8 nitrogen and oxygen atoms in total. The van der Waals surface area contributed by atoms with Crippen LogP contribution in [0.4, 0.5) is 16.2 Å². The van der Waals surface area contributed by atoms with Crippen molar-refractivity contribution in [2.24, 2.45) is 5.92 Å². The van der Waals surface area contributed by atoms with Crippen molar-refractivity contribution in [2.75, 3.05) is 31.0 Å². The molecule has 1 atom stereocenters. The Labute approximate surface area is 182 Å². The first-order valence-electron chi connectivity index (χ1n) is 10.0. The SMILES string of the molecule is COCCOC(=O)Nc1cccc(NC(=O)C(NC(=O)c2cccc(C)c2)C(C)C)c1. The molecule has 31 heavy (non-hydrogen) atoms. The maximum Gasteiger partial charge on any atom is 0.411 e. The lowest BCUT2D eigenvalue weighted by Gasteiger charge is -2.22.